The van der Waals surface area contributed by atoms with Gasteiger partial charge in [0.05, 0.1) is 0 Å². The fourth-order valence-electron chi connectivity index (χ4n) is 3.74. The third-order valence-corrected chi connectivity index (χ3v) is 5.12. The Labute approximate surface area is 153 Å². The summed E-state index contributed by atoms with van der Waals surface area (Å²) in [5.41, 5.74) is 1.06. The normalized spacial score (nSPS) is 22.0. The van der Waals surface area contributed by atoms with Crippen LogP contribution in [-0.2, 0) is 4.79 Å². The van der Waals surface area contributed by atoms with Crippen LogP contribution in [0.15, 0.2) is 29.7 Å². The molecule has 2 saturated heterocycles. The van der Waals surface area contributed by atoms with E-state index in [1.807, 2.05) is 11.8 Å². The third kappa shape index (κ3) is 5.70. The van der Waals surface area contributed by atoms with Gasteiger partial charge in [-0.1, -0.05) is 27.0 Å². The minimum Gasteiger partial charge on any atom is -0.355 e. The molecule has 2 fully saturated rings. The van der Waals surface area contributed by atoms with Crippen molar-refractivity contribution >= 4 is 12.1 Å². The zero-order valence-corrected chi connectivity index (χ0v) is 16.3. The van der Waals surface area contributed by atoms with Crippen molar-refractivity contribution < 1.29 is 4.79 Å². The molecule has 5 heteroatoms. The topological polar surface area (TPSA) is 39.1 Å². The van der Waals surface area contributed by atoms with E-state index in [9.17, 15) is 4.79 Å². The summed E-state index contributed by atoms with van der Waals surface area (Å²) < 4.78 is 0. The second-order valence-electron chi connectivity index (χ2n) is 7.97. The highest BCUT2D eigenvalue weighted by Gasteiger charge is 2.33. The average molecular weight is 347 g/mol. The molecule has 0 aromatic heterocycles. The monoisotopic (exact) mass is 346 g/mol. The maximum absolute atomic E-state index is 12.3. The van der Waals surface area contributed by atoms with Crippen molar-refractivity contribution in [2.75, 3.05) is 39.3 Å². The van der Waals surface area contributed by atoms with Gasteiger partial charge in [0.1, 0.15) is 5.82 Å². The number of amides is 1. The molecule has 2 heterocycles. The van der Waals surface area contributed by atoms with Gasteiger partial charge in [-0.2, -0.15) is 0 Å². The summed E-state index contributed by atoms with van der Waals surface area (Å²) in [6.45, 7) is 20.4. The van der Waals surface area contributed by atoms with Crippen LogP contribution in [-0.4, -0.2) is 66.1 Å². The molecule has 2 aliphatic rings. The lowest BCUT2D eigenvalue weighted by Gasteiger charge is -2.38. The molecule has 140 valence electrons. The first-order valence-electron chi connectivity index (χ1n) is 9.45. The molecule has 0 N–H and O–H groups in total. The molecule has 0 unspecified atom stereocenters. The van der Waals surface area contributed by atoms with Crippen LogP contribution in [0.25, 0.3) is 0 Å². The van der Waals surface area contributed by atoms with Crippen molar-refractivity contribution in [3.8, 4) is 0 Å². The number of allylic oxidation sites excluding steroid dienone is 1. The number of carbonyl (C=O) groups is 1. The van der Waals surface area contributed by atoms with Gasteiger partial charge in [0.25, 0.3) is 0 Å². The Bertz CT molecular complexity index is 510. The Kier molecular flexibility index (Phi) is 6.82. The van der Waals surface area contributed by atoms with Gasteiger partial charge in [0, 0.05) is 51.1 Å². The fourth-order valence-corrected chi connectivity index (χ4v) is 3.74. The van der Waals surface area contributed by atoms with E-state index < -0.39 is 0 Å². The zero-order chi connectivity index (χ0) is 18.4. The molecular weight excluding hydrogens is 312 g/mol. The van der Waals surface area contributed by atoms with E-state index in [-0.39, 0.29) is 11.3 Å². The van der Waals surface area contributed by atoms with Gasteiger partial charge in [0.15, 0.2) is 0 Å². The lowest BCUT2D eigenvalue weighted by atomic mass is 9.80. The number of likely N-dealkylation sites (tertiary alicyclic amines) is 1. The van der Waals surface area contributed by atoms with Crippen molar-refractivity contribution in [1.82, 2.24) is 14.7 Å². The van der Waals surface area contributed by atoms with Crippen LogP contribution in [0.4, 0.5) is 0 Å². The molecule has 0 aromatic carbocycles. The minimum absolute atomic E-state index is 0.0656. The van der Waals surface area contributed by atoms with Crippen LogP contribution < -0.4 is 0 Å². The van der Waals surface area contributed by atoms with Crippen LogP contribution >= 0.6 is 0 Å². The standard InChI is InChI=1S/C20H34N4O/c1-6-21-18(3)23-13-11-22(12-14-23)9-7-8-10-24-17(2)15-20(4,5)16-19(24)25/h6H,2-3,7-16H2,1,4-5H3. The van der Waals surface area contributed by atoms with E-state index in [4.69, 9.17) is 0 Å². The second-order valence-corrected chi connectivity index (χ2v) is 7.97. The smallest absolute Gasteiger partial charge is 0.227 e. The molecule has 0 bridgehead atoms. The Hall–Kier alpha value is -1.62. The summed E-state index contributed by atoms with van der Waals surface area (Å²) in [6.07, 6.45) is 5.52. The van der Waals surface area contributed by atoms with Gasteiger partial charge >= 0.3 is 0 Å². The molecule has 0 aliphatic carbocycles. The molecule has 1 amide bonds. The predicted octanol–water partition coefficient (Wildman–Crippen LogP) is 3.11. The first kappa shape index (κ1) is 19.7. The van der Waals surface area contributed by atoms with Gasteiger partial charge in [-0.25, -0.2) is 4.99 Å². The quantitative estimate of drug-likeness (QED) is 0.525. The summed E-state index contributed by atoms with van der Waals surface area (Å²) in [6, 6.07) is 0. The number of aliphatic imine (C=N–C) groups is 1. The van der Waals surface area contributed by atoms with Gasteiger partial charge in [-0.3, -0.25) is 9.69 Å². The van der Waals surface area contributed by atoms with Gasteiger partial charge in [-0.05, 0) is 38.1 Å². The predicted molar refractivity (Wildman–Crippen MR) is 104 cm³/mol. The highest BCUT2D eigenvalue weighted by molar-refractivity contribution is 5.79. The highest BCUT2D eigenvalue weighted by Crippen LogP contribution is 2.35. The van der Waals surface area contributed by atoms with Crippen molar-refractivity contribution in [3.05, 3.63) is 24.7 Å². The number of piperidine rings is 1. The zero-order valence-electron chi connectivity index (χ0n) is 16.3. The maximum Gasteiger partial charge on any atom is 0.227 e. The van der Waals surface area contributed by atoms with E-state index in [0.29, 0.717) is 6.42 Å². The molecule has 0 spiro atoms. The lowest BCUT2D eigenvalue weighted by Crippen LogP contribution is -2.45. The van der Waals surface area contributed by atoms with E-state index >= 15 is 0 Å². The SMILES string of the molecule is C=C(N=CC)N1CCN(CCCCN2C(=C)CC(C)(C)CC2=O)CC1. The summed E-state index contributed by atoms with van der Waals surface area (Å²) in [7, 11) is 0. The third-order valence-electron chi connectivity index (χ3n) is 5.12. The lowest BCUT2D eigenvalue weighted by molar-refractivity contribution is -0.134. The van der Waals surface area contributed by atoms with Crippen LogP contribution in [0, 0.1) is 5.41 Å². The Balaban J connectivity index is 1.65. The van der Waals surface area contributed by atoms with Gasteiger partial charge < -0.3 is 9.80 Å². The first-order valence-corrected chi connectivity index (χ1v) is 9.45. The van der Waals surface area contributed by atoms with Gasteiger partial charge in [-0.15, -0.1) is 0 Å². The molecule has 2 aliphatic heterocycles. The first-order chi connectivity index (χ1) is 11.8. The molecule has 2 rings (SSSR count). The minimum atomic E-state index is 0.0656. The summed E-state index contributed by atoms with van der Waals surface area (Å²) >= 11 is 0. The summed E-state index contributed by atoms with van der Waals surface area (Å²) in [4.78, 5) is 23.2. The number of hydrogen-bond acceptors (Lipinski definition) is 4. The van der Waals surface area contributed by atoms with E-state index in [0.717, 1.165) is 70.0 Å². The van der Waals surface area contributed by atoms with Crippen LogP contribution in [0.2, 0.25) is 0 Å². The molecule has 25 heavy (non-hydrogen) atoms. The summed E-state index contributed by atoms with van der Waals surface area (Å²) in [5.74, 6) is 1.11. The fraction of sp³-hybridized carbons (Fsp3) is 0.700. The van der Waals surface area contributed by atoms with Crippen molar-refractivity contribution in [1.29, 1.82) is 0 Å². The van der Waals surface area contributed by atoms with E-state index in [1.165, 1.54) is 0 Å². The van der Waals surface area contributed by atoms with Crippen LogP contribution in [0.5, 0.6) is 0 Å². The van der Waals surface area contributed by atoms with E-state index in [2.05, 4.69) is 41.8 Å². The maximum atomic E-state index is 12.3. The van der Waals surface area contributed by atoms with Crippen molar-refractivity contribution in [2.45, 2.75) is 46.5 Å². The Morgan fingerprint density at radius 2 is 1.80 bits per heavy atom. The molecule has 0 atom stereocenters. The molecule has 0 radical (unpaired) electrons. The molecular formula is C20H34N4O. The molecule has 5 nitrogen and oxygen atoms in total. The number of carbonyl (C=O) groups excluding carboxylic acids is 1. The molecule has 0 saturated carbocycles. The summed E-state index contributed by atoms with van der Waals surface area (Å²) in [5, 5.41) is 0. The second kappa shape index (κ2) is 8.65. The highest BCUT2D eigenvalue weighted by atomic mass is 16.2. The van der Waals surface area contributed by atoms with Crippen LogP contribution in [0.1, 0.15) is 46.5 Å². The number of rotatable bonds is 7. The number of unbranched alkanes of at least 4 members (excludes halogenated alkanes) is 1. The average Bonchev–Trinajstić information content (AvgIpc) is 2.53. The number of piperazine rings is 1. The van der Waals surface area contributed by atoms with E-state index in [1.54, 1.807) is 6.21 Å². The number of nitrogens with zero attached hydrogens (tertiary/aromatic N) is 4. The van der Waals surface area contributed by atoms with Crippen LogP contribution in [0.3, 0.4) is 0 Å². The Morgan fingerprint density at radius 1 is 1.16 bits per heavy atom. The molecule has 0 aromatic rings. The van der Waals surface area contributed by atoms with Crippen molar-refractivity contribution in [2.24, 2.45) is 10.4 Å². The van der Waals surface area contributed by atoms with Gasteiger partial charge in [0.2, 0.25) is 5.91 Å². The largest absolute Gasteiger partial charge is 0.355 e. The van der Waals surface area contributed by atoms with Crippen molar-refractivity contribution in [3.63, 3.8) is 0 Å². The number of hydrogen-bond donors (Lipinski definition) is 0. The Morgan fingerprint density at radius 3 is 2.40 bits per heavy atom.